The van der Waals surface area contributed by atoms with E-state index in [9.17, 15) is 0 Å². The molecule has 0 bridgehead atoms. The van der Waals surface area contributed by atoms with E-state index >= 15 is 0 Å². The molecule has 0 spiro atoms. The van der Waals surface area contributed by atoms with E-state index in [0.717, 1.165) is 0 Å². The van der Waals surface area contributed by atoms with Crippen molar-refractivity contribution in [2.45, 2.75) is 6.10 Å². The molecule has 0 radical (unpaired) electrons. The van der Waals surface area contributed by atoms with E-state index < -0.39 is 0 Å². The number of methoxy groups -OCH3 is 1. The molecule has 0 aliphatic carbocycles. The van der Waals surface area contributed by atoms with Crippen LogP contribution >= 0.6 is 0 Å². The van der Waals surface area contributed by atoms with Crippen molar-refractivity contribution in [3.8, 4) is 0 Å². The molecule has 0 aromatic rings. The first-order chi connectivity index (χ1) is 4.88. The number of aliphatic imine (C=N–C) groups is 2. The van der Waals surface area contributed by atoms with Gasteiger partial charge in [-0.2, -0.15) is 5.10 Å². The Hall–Kier alpha value is -1.23. The molecule has 1 aliphatic heterocycles. The molecular weight excluding hydrogens is 132 g/mol. The Kier molecular flexibility index (Phi) is 2.11. The van der Waals surface area contributed by atoms with Crippen LogP contribution in [0.3, 0.4) is 0 Å². The van der Waals surface area contributed by atoms with E-state index in [2.05, 4.69) is 15.1 Å². The smallest absolute Gasteiger partial charge is 0.183 e. The minimum absolute atomic E-state index is 0.296. The van der Waals surface area contributed by atoms with Gasteiger partial charge in [-0.15, -0.1) is 0 Å². The number of nitrogens with two attached hydrogens (primary N) is 1. The van der Waals surface area contributed by atoms with Gasteiger partial charge in [0.25, 0.3) is 0 Å². The normalized spacial score (nSPS) is 27.7. The van der Waals surface area contributed by atoms with Gasteiger partial charge in [0, 0.05) is 13.3 Å². The van der Waals surface area contributed by atoms with Crippen LogP contribution in [-0.4, -0.2) is 31.6 Å². The number of amidine groups is 1. The average molecular weight is 140 g/mol. The molecule has 5 nitrogen and oxygen atoms in total. The molecule has 0 amide bonds. The van der Waals surface area contributed by atoms with Crippen LogP contribution in [0.2, 0.25) is 0 Å². The average Bonchev–Trinajstić information content (AvgIpc) is 2.04. The molecule has 5 heteroatoms. The second-order valence-electron chi connectivity index (χ2n) is 1.69. The van der Waals surface area contributed by atoms with Crippen molar-refractivity contribution in [2.24, 2.45) is 20.9 Å². The zero-order chi connectivity index (χ0) is 7.40. The Morgan fingerprint density at radius 1 is 1.80 bits per heavy atom. The summed E-state index contributed by atoms with van der Waals surface area (Å²) in [4.78, 5) is 7.53. The van der Waals surface area contributed by atoms with Crippen LogP contribution in [0.25, 0.3) is 0 Å². The fraction of sp³-hybridized carbons (Fsp3) is 0.400. The third-order valence-electron chi connectivity index (χ3n) is 1.12. The number of hydrogen-bond donors (Lipinski definition) is 1. The summed E-state index contributed by atoms with van der Waals surface area (Å²) in [5, 5.41) is 3.40. The van der Waals surface area contributed by atoms with E-state index in [0.29, 0.717) is 5.84 Å². The van der Waals surface area contributed by atoms with Gasteiger partial charge in [0.15, 0.2) is 11.9 Å². The maximum Gasteiger partial charge on any atom is 0.183 e. The van der Waals surface area contributed by atoms with Gasteiger partial charge in [0.05, 0.1) is 0 Å². The highest BCUT2D eigenvalue weighted by molar-refractivity contribution is 6.07. The van der Waals surface area contributed by atoms with Crippen molar-refractivity contribution in [3.63, 3.8) is 0 Å². The summed E-state index contributed by atoms with van der Waals surface area (Å²) in [5.74, 6) is 5.44. The quantitative estimate of drug-likeness (QED) is 0.389. The predicted octanol–water partition coefficient (Wildman–Crippen LogP) is -0.614. The Morgan fingerprint density at radius 3 is 3.10 bits per heavy atom. The van der Waals surface area contributed by atoms with Crippen LogP contribution in [0.15, 0.2) is 15.1 Å². The molecule has 1 unspecified atom stereocenters. The van der Waals surface area contributed by atoms with Gasteiger partial charge < -0.3 is 10.6 Å². The molecule has 1 rings (SSSR count). The molecule has 2 N–H and O–H groups in total. The maximum absolute atomic E-state index is 5.00. The first-order valence-corrected chi connectivity index (χ1v) is 2.75. The van der Waals surface area contributed by atoms with E-state index in [1.807, 2.05) is 0 Å². The summed E-state index contributed by atoms with van der Waals surface area (Å²) in [6, 6.07) is 0. The summed E-state index contributed by atoms with van der Waals surface area (Å²) in [6.45, 7) is 0. The molecule has 0 aromatic carbocycles. The molecule has 10 heavy (non-hydrogen) atoms. The first kappa shape index (κ1) is 6.88. The minimum Gasteiger partial charge on any atom is -0.368 e. The largest absolute Gasteiger partial charge is 0.368 e. The van der Waals surface area contributed by atoms with Crippen molar-refractivity contribution in [1.29, 1.82) is 0 Å². The monoisotopic (exact) mass is 140 g/mol. The second-order valence-corrected chi connectivity index (χ2v) is 1.69. The first-order valence-electron chi connectivity index (χ1n) is 2.75. The van der Waals surface area contributed by atoms with Gasteiger partial charge in [-0.1, -0.05) is 0 Å². The highest BCUT2D eigenvalue weighted by atomic mass is 16.5. The topological polar surface area (TPSA) is 72.3 Å². The van der Waals surface area contributed by atoms with Gasteiger partial charge in [0.2, 0.25) is 0 Å². The number of rotatable bonds is 1. The maximum atomic E-state index is 5.00. The Balaban J connectivity index is 2.74. The van der Waals surface area contributed by atoms with Crippen LogP contribution in [0.4, 0.5) is 0 Å². The van der Waals surface area contributed by atoms with Gasteiger partial charge >= 0.3 is 0 Å². The molecule has 54 valence electrons. The van der Waals surface area contributed by atoms with Crippen LogP contribution in [-0.2, 0) is 4.74 Å². The molecule has 0 fully saturated rings. The zero-order valence-electron chi connectivity index (χ0n) is 5.56. The molecule has 1 atom stereocenters. The van der Waals surface area contributed by atoms with Crippen LogP contribution in [0.5, 0.6) is 0 Å². The van der Waals surface area contributed by atoms with Crippen molar-refractivity contribution in [3.05, 3.63) is 0 Å². The number of ether oxygens (including phenoxy) is 1. The van der Waals surface area contributed by atoms with Crippen molar-refractivity contribution >= 4 is 18.4 Å². The van der Waals surface area contributed by atoms with E-state index in [1.54, 1.807) is 13.3 Å². The summed E-state index contributed by atoms with van der Waals surface area (Å²) in [6.07, 6.45) is 2.66. The molecule has 1 heterocycles. The van der Waals surface area contributed by atoms with Crippen molar-refractivity contribution < 1.29 is 4.74 Å². The standard InChI is InChI=1S/C5H8N4O/c1-10-4-2-7-3-8-5(4)9-6/h2-4H,6H2,1H3. The molecule has 0 saturated heterocycles. The van der Waals surface area contributed by atoms with E-state index in [4.69, 9.17) is 10.6 Å². The Labute approximate surface area is 58.3 Å². The predicted molar refractivity (Wildman–Crippen MR) is 39.4 cm³/mol. The highest BCUT2D eigenvalue weighted by Gasteiger charge is 2.13. The summed E-state index contributed by atoms with van der Waals surface area (Å²) in [7, 11) is 1.54. The lowest BCUT2D eigenvalue weighted by Crippen LogP contribution is -2.26. The number of hydrogen-bond acceptors (Lipinski definition) is 4. The summed E-state index contributed by atoms with van der Waals surface area (Å²) in [5.41, 5.74) is 0. The molecule has 1 aliphatic rings. The van der Waals surface area contributed by atoms with Gasteiger partial charge in [0.1, 0.15) is 6.34 Å². The summed E-state index contributed by atoms with van der Waals surface area (Å²) < 4.78 is 4.92. The molecule has 0 aromatic heterocycles. The molecule has 0 saturated carbocycles. The lowest BCUT2D eigenvalue weighted by atomic mass is 10.3. The lowest BCUT2D eigenvalue weighted by Gasteiger charge is -2.09. The number of nitrogens with zero attached hydrogens (tertiary/aromatic N) is 3. The third kappa shape index (κ3) is 1.19. The Bertz CT molecular complexity index is 196. The minimum atomic E-state index is -0.296. The molecular formula is C5H8N4O. The van der Waals surface area contributed by atoms with Crippen LogP contribution in [0, 0.1) is 0 Å². The van der Waals surface area contributed by atoms with Crippen molar-refractivity contribution in [1.82, 2.24) is 0 Å². The zero-order valence-corrected chi connectivity index (χ0v) is 5.56. The summed E-state index contributed by atoms with van der Waals surface area (Å²) >= 11 is 0. The van der Waals surface area contributed by atoms with Gasteiger partial charge in [-0.05, 0) is 0 Å². The van der Waals surface area contributed by atoms with Crippen molar-refractivity contribution in [2.75, 3.05) is 7.11 Å². The van der Waals surface area contributed by atoms with Gasteiger partial charge in [-0.25, -0.2) is 9.98 Å². The van der Waals surface area contributed by atoms with Crippen LogP contribution in [0.1, 0.15) is 0 Å². The van der Waals surface area contributed by atoms with Crippen LogP contribution < -0.4 is 5.84 Å². The fourth-order valence-electron chi connectivity index (χ4n) is 0.622. The fourth-order valence-corrected chi connectivity index (χ4v) is 0.622. The number of hydrazone groups is 1. The highest BCUT2D eigenvalue weighted by Crippen LogP contribution is 1.95. The Morgan fingerprint density at radius 2 is 2.60 bits per heavy atom. The van der Waals surface area contributed by atoms with E-state index in [1.165, 1.54) is 6.34 Å². The van der Waals surface area contributed by atoms with E-state index in [-0.39, 0.29) is 6.10 Å². The SMILES string of the molecule is COC1C=NC=NC1=NN. The van der Waals surface area contributed by atoms with Gasteiger partial charge in [-0.3, -0.25) is 0 Å². The second kappa shape index (κ2) is 3.07. The third-order valence-corrected chi connectivity index (χ3v) is 1.12. The lowest BCUT2D eigenvalue weighted by molar-refractivity contribution is 0.206.